The Morgan fingerprint density at radius 1 is 0.842 bits per heavy atom. The molecular weight excluding hydrogens is 502 g/mol. The number of hydrogen-bond donors (Lipinski definition) is 4. The first-order chi connectivity index (χ1) is 18.2. The number of nitrogens with zero attached hydrogens (tertiary/aromatic N) is 1. The maximum atomic E-state index is 12.6. The number of rotatable bonds is 5. The summed E-state index contributed by atoms with van der Waals surface area (Å²) in [4.78, 5) is 36.6. The van der Waals surface area contributed by atoms with Crippen LogP contribution < -0.4 is 10.6 Å². The van der Waals surface area contributed by atoms with E-state index < -0.39 is 17.8 Å². The quantitative estimate of drug-likeness (QED) is 0.214. The number of aryl methyl sites for hydroxylation is 2. The van der Waals surface area contributed by atoms with Crippen LogP contribution in [0.15, 0.2) is 77.5 Å². The van der Waals surface area contributed by atoms with E-state index in [0.29, 0.717) is 22.3 Å². The summed E-state index contributed by atoms with van der Waals surface area (Å²) in [6, 6.07) is 19.2. The van der Waals surface area contributed by atoms with E-state index in [4.69, 9.17) is 0 Å². The van der Waals surface area contributed by atoms with Crippen molar-refractivity contribution < 1.29 is 24.6 Å². The zero-order chi connectivity index (χ0) is 27.0. The number of aromatic hydroxyl groups is 1. The van der Waals surface area contributed by atoms with E-state index in [1.165, 1.54) is 12.1 Å². The number of hydrogen-bond acceptors (Lipinski definition) is 5. The van der Waals surface area contributed by atoms with Crippen molar-refractivity contribution in [2.75, 3.05) is 10.6 Å². The molecule has 5 rings (SSSR count). The standard InChI is InChI=1S/C29H23N3O5S/c1-16-22-13-23(29(36)37)25(33)14-24(22)32(2)26(16)18-4-3-5-21(12-18)31-28(35)27(34)30-20-8-6-17(7-9-20)19-10-11-38-15-19/h3-15,33H,1-2H3,(H,30,34)(H,31,35)(H,36,37). The maximum absolute atomic E-state index is 12.6. The molecule has 0 aliphatic rings. The predicted molar refractivity (Wildman–Crippen MR) is 149 cm³/mol. The average molecular weight is 526 g/mol. The third-order valence-electron chi connectivity index (χ3n) is 6.40. The van der Waals surface area contributed by atoms with Crippen LogP contribution in [0.5, 0.6) is 5.75 Å². The molecule has 9 heteroatoms. The number of amides is 2. The topological polar surface area (TPSA) is 121 Å². The molecular formula is C29H23N3O5S. The van der Waals surface area contributed by atoms with Gasteiger partial charge in [-0.05, 0) is 70.8 Å². The van der Waals surface area contributed by atoms with Crippen molar-refractivity contribution in [3.63, 3.8) is 0 Å². The monoisotopic (exact) mass is 525 g/mol. The van der Waals surface area contributed by atoms with Gasteiger partial charge in [-0.25, -0.2) is 4.79 Å². The average Bonchev–Trinajstić information content (AvgIpc) is 3.51. The van der Waals surface area contributed by atoms with Gasteiger partial charge in [0.2, 0.25) is 0 Å². The lowest BCUT2D eigenvalue weighted by Crippen LogP contribution is -2.29. The first-order valence-electron chi connectivity index (χ1n) is 11.6. The summed E-state index contributed by atoms with van der Waals surface area (Å²) in [6.07, 6.45) is 0. The SMILES string of the molecule is Cc1c(-c2cccc(NC(=O)C(=O)Nc3ccc(-c4ccsc4)cc3)c2)n(C)c2cc(O)c(C(=O)O)cc12. The fraction of sp³-hybridized carbons (Fsp3) is 0.0690. The highest BCUT2D eigenvalue weighted by molar-refractivity contribution is 7.08. The number of nitrogens with one attached hydrogen (secondary N) is 2. The number of carbonyl (C=O) groups excluding carboxylic acids is 2. The zero-order valence-electron chi connectivity index (χ0n) is 20.5. The van der Waals surface area contributed by atoms with Gasteiger partial charge >= 0.3 is 17.8 Å². The highest BCUT2D eigenvalue weighted by atomic mass is 32.1. The van der Waals surface area contributed by atoms with Gasteiger partial charge < -0.3 is 25.4 Å². The third-order valence-corrected chi connectivity index (χ3v) is 7.08. The van der Waals surface area contributed by atoms with E-state index in [0.717, 1.165) is 27.9 Å². The molecule has 4 N–H and O–H groups in total. The van der Waals surface area contributed by atoms with Crippen LogP contribution in [0.3, 0.4) is 0 Å². The Bertz CT molecular complexity index is 1700. The van der Waals surface area contributed by atoms with Crippen molar-refractivity contribution in [3.05, 3.63) is 88.6 Å². The fourth-order valence-corrected chi connectivity index (χ4v) is 5.20. The van der Waals surface area contributed by atoms with Crippen molar-refractivity contribution in [2.45, 2.75) is 6.92 Å². The highest BCUT2D eigenvalue weighted by Crippen LogP contribution is 2.36. The molecule has 2 amide bonds. The first-order valence-corrected chi connectivity index (χ1v) is 12.6. The van der Waals surface area contributed by atoms with Crippen LogP contribution in [0.25, 0.3) is 33.3 Å². The first kappa shape index (κ1) is 24.8. The molecule has 0 aliphatic heterocycles. The normalized spacial score (nSPS) is 10.9. The van der Waals surface area contributed by atoms with Crippen LogP contribution in [0.1, 0.15) is 15.9 Å². The molecule has 38 heavy (non-hydrogen) atoms. The summed E-state index contributed by atoms with van der Waals surface area (Å²) in [5, 5.41) is 29.5. The van der Waals surface area contributed by atoms with Gasteiger partial charge in [0, 0.05) is 35.4 Å². The molecule has 0 saturated heterocycles. The molecule has 0 radical (unpaired) electrons. The van der Waals surface area contributed by atoms with E-state index in [2.05, 4.69) is 10.6 Å². The zero-order valence-corrected chi connectivity index (χ0v) is 21.3. The fourth-order valence-electron chi connectivity index (χ4n) is 4.53. The molecule has 0 bridgehead atoms. The molecule has 0 fully saturated rings. The van der Waals surface area contributed by atoms with Gasteiger partial charge in [0.1, 0.15) is 11.3 Å². The molecule has 0 aliphatic carbocycles. The number of phenols is 1. The smallest absolute Gasteiger partial charge is 0.339 e. The summed E-state index contributed by atoms with van der Waals surface area (Å²) >= 11 is 1.60. The minimum absolute atomic E-state index is 0.175. The van der Waals surface area contributed by atoms with E-state index in [-0.39, 0.29) is 11.3 Å². The number of aromatic carboxylic acids is 1. The second-order valence-electron chi connectivity index (χ2n) is 8.80. The number of carbonyl (C=O) groups is 3. The van der Waals surface area contributed by atoms with Gasteiger partial charge in [0.25, 0.3) is 0 Å². The molecule has 2 heterocycles. The van der Waals surface area contributed by atoms with Gasteiger partial charge in [0.15, 0.2) is 0 Å². The lowest BCUT2D eigenvalue weighted by Gasteiger charge is -2.10. The number of carboxylic acid groups (broad SMARTS) is 1. The largest absolute Gasteiger partial charge is 0.507 e. The van der Waals surface area contributed by atoms with Gasteiger partial charge in [-0.3, -0.25) is 9.59 Å². The Balaban J connectivity index is 1.35. The van der Waals surface area contributed by atoms with Crippen LogP contribution in [0.2, 0.25) is 0 Å². The van der Waals surface area contributed by atoms with Crippen LogP contribution in [-0.2, 0) is 16.6 Å². The van der Waals surface area contributed by atoms with Gasteiger partial charge in [0.05, 0.1) is 11.2 Å². The summed E-state index contributed by atoms with van der Waals surface area (Å²) < 4.78 is 1.85. The van der Waals surface area contributed by atoms with E-state index in [1.54, 1.807) is 41.7 Å². The minimum Gasteiger partial charge on any atom is -0.507 e. The molecule has 0 spiro atoms. The van der Waals surface area contributed by atoms with Crippen molar-refractivity contribution in [1.29, 1.82) is 0 Å². The third kappa shape index (κ3) is 4.62. The van der Waals surface area contributed by atoms with E-state index in [9.17, 15) is 24.6 Å². The Labute approximate surface area is 221 Å². The van der Waals surface area contributed by atoms with Gasteiger partial charge in [-0.2, -0.15) is 11.3 Å². The van der Waals surface area contributed by atoms with Crippen molar-refractivity contribution >= 4 is 51.4 Å². The van der Waals surface area contributed by atoms with Crippen molar-refractivity contribution in [2.24, 2.45) is 7.05 Å². The number of aromatic nitrogens is 1. The molecule has 8 nitrogen and oxygen atoms in total. The van der Waals surface area contributed by atoms with Crippen molar-refractivity contribution in [3.8, 4) is 28.1 Å². The van der Waals surface area contributed by atoms with E-state index in [1.807, 2.05) is 53.6 Å². The molecule has 0 unspecified atom stereocenters. The molecule has 2 aromatic heterocycles. The second-order valence-corrected chi connectivity index (χ2v) is 9.58. The number of anilines is 2. The Morgan fingerprint density at radius 2 is 1.55 bits per heavy atom. The highest BCUT2D eigenvalue weighted by Gasteiger charge is 2.20. The number of fused-ring (bicyclic) bond motifs is 1. The van der Waals surface area contributed by atoms with Crippen LogP contribution >= 0.6 is 11.3 Å². The summed E-state index contributed by atoms with van der Waals surface area (Å²) in [6.45, 7) is 1.86. The summed E-state index contributed by atoms with van der Waals surface area (Å²) in [7, 11) is 1.81. The van der Waals surface area contributed by atoms with Crippen LogP contribution in [0.4, 0.5) is 11.4 Å². The van der Waals surface area contributed by atoms with Gasteiger partial charge in [-0.15, -0.1) is 0 Å². The molecule has 0 atom stereocenters. The van der Waals surface area contributed by atoms with E-state index >= 15 is 0 Å². The molecule has 190 valence electrons. The number of benzene rings is 3. The number of carboxylic acids is 1. The number of thiophene rings is 1. The second kappa shape index (κ2) is 9.87. The van der Waals surface area contributed by atoms with Crippen LogP contribution in [-0.4, -0.2) is 32.6 Å². The predicted octanol–water partition coefficient (Wildman–Crippen LogP) is 5.86. The lowest BCUT2D eigenvalue weighted by atomic mass is 10.0. The molecule has 5 aromatic rings. The Morgan fingerprint density at radius 3 is 2.21 bits per heavy atom. The summed E-state index contributed by atoms with van der Waals surface area (Å²) in [5.41, 5.74) is 5.88. The Kier molecular flexibility index (Phi) is 6.44. The minimum atomic E-state index is -1.21. The maximum Gasteiger partial charge on any atom is 0.339 e. The molecule has 3 aromatic carbocycles. The molecule has 0 saturated carbocycles. The Hall–Kier alpha value is -4.89. The lowest BCUT2D eigenvalue weighted by molar-refractivity contribution is -0.132. The van der Waals surface area contributed by atoms with Crippen molar-refractivity contribution in [1.82, 2.24) is 4.57 Å². The van der Waals surface area contributed by atoms with Gasteiger partial charge in [-0.1, -0.05) is 24.3 Å². The summed E-state index contributed by atoms with van der Waals surface area (Å²) in [5.74, 6) is -3.13. The van der Waals surface area contributed by atoms with Crippen LogP contribution in [0, 0.1) is 6.92 Å².